The summed E-state index contributed by atoms with van der Waals surface area (Å²) in [7, 11) is 0. The van der Waals surface area contributed by atoms with E-state index >= 15 is 0 Å². The smallest absolute Gasteiger partial charge is 0.229 e. The van der Waals surface area contributed by atoms with Gasteiger partial charge in [-0.15, -0.1) is 0 Å². The maximum atomic E-state index is 12.5. The Hall–Kier alpha value is -1.35. The van der Waals surface area contributed by atoms with Crippen molar-refractivity contribution in [2.75, 3.05) is 6.54 Å². The molecule has 2 unspecified atom stereocenters. The number of carbonyl (C=O) groups excluding carboxylic acids is 1. The van der Waals surface area contributed by atoms with Crippen LogP contribution in [0.2, 0.25) is 0 Å². The van der Waals surface area contributed by atoms with E-state index in [1.54, 1.807) is 0 Å². The van der Waals surface area contributed by atoms with Crippen LogP contribution in [0, 0.1) is 5.92 Å². The zero-order valence-electron chi connectivity index (χ0n) is 11.5. The number of benzene rings is 1. The van der Waals surface area contributed by atoms with Crippen molar-refractivity contribution in [3.63, 3.8) is 0 Å². The normalized spacial score (nSPS) is 24.2. The molecule has 1 fully saturated rings. The van der Waals surface area contributed by atoms with Gasteiger partial charge in [0.2, 0.25) is 5.91 Å². The molecule has 2 N–H and O–H groups in total. The van der Waals surface area contributed by atoms with E-state index in [1.165, 1.54) is 30.4 Å². The largest absolute Gasteiger partial charge is 0.353 e. The molecule has 1 aliphatic heterocycles. The van der Waals surface area contributed by atoms with Crippen molar-refractivity contribution in [2.45, 2.75) is 44.7 Å². The molecule has 1 aromatic rings. The molecule has 1 saturated carbocycles. The Morgan fingerprint density at radius 3 is 2.89 bits per heavy atom. The zero-order valence-corrected chi connectivity index (χ0v) is 11.5. The van der Waals surface area contributed by atoms with Crippen molar-refractivity contribution in [2.24, 2.45) is 5.92 Å². The molecule has 2 atom stereocenters. The van der Waals surface area contributed by atoms with E-state index in [0.29, 0.717) is 12.0 Å². The lowest BCUT2D eigenvalue weighted by molar-refractivity contribution is -0.123. The highest BCUT2D eigenvalue weighted by Gasteiger charge is 2.30. The van der Waals surface area contributed by atoms with Gasteiger partial charge in [0.15, 0.2) is 0 Å². The summed E-state index contributed by atoms with van der Waals surface area (Å²) in [5.41, 5.74) is 2.45. The first-order valence-corrected chi connectivity index (χ1v) is 7.34. The predicted octanol–water partition coefficient (Wildman–Crippen LogP) is 2.18. The van der Waals surface area contributed by atoms with E-state index in [4.69, 9.17) is 0 Å². The second-order valence-electron chi connectivity index (χ2n) is 5.87. The molecule has 0 spiro atoms. The minimum atomic E-state index is -0.0347. The number of amides is 1. The Kier molecular flexibility index (Phi) is 3.56. The van der Waals surface area contributed by atoms with Gasteiger partial charge in [-0.25, -0.2) is 0 Å². The molecule has 0 saturated heterocycles. The Bertz CT molecular complexity index is 468. The molecule has 3 rings (SSSR count). The number of rotatable bonds is 3. The molecule has 3 nitrogen and oxygen atoms in total. The summed E-state index contributed by atoms with van der Waals surface area (Å²) >= 11 is 0. The Balaban J connectivity index is 1.70. The first-order valence-electron chi connectivity index (χ1n) is 7.34. The van der Waals surface area contributed by atoms with Crippen molar-refractivity contribution >= 4 is 5.91 Å². The highest BCUT2D eigenvalue weighted by Crippen LogP contribution is 2.30. The van der Waals surface area contributed by atoms with Crippen LogP contribution in [0.25, 0.3) is 0 Å². The molecule has 102 valence electrons. The zero-order chi connectivity index (χ0) is 13.2. The highest BCUT2D eigenvalue weighted by molar-refractivity contribution is 5.84. The second-order valence-corrected chi connectivity index (χ2v) is 5.87. The van der Waals surface area contributed by atoms with E-state index < -0.39 is 0 Å². The summed E-state index contributed by atoms with van der Waals surface area (Å²) in [6.07, 6.45) is 3.85. The van der Waals surface area contributed by atoms with E-state index in [2.05, 4.69) is 29.7 Å². The van der Waals surface area contributed by atoms with Crippen LogP contribution < -0.4 is 10.6 Å². The second kappa shape index (κ2) is 5.33. The van der Waals surface area contributed by atoms with Gasteiger partial charge >= 0.3 is 0 Å². The Morgan fingerprint density at radius 1 is 1.37 bits per heavy atom. The number of hydrogen-bond acceptors (Lipinski definition) is 2. The number of carbonyl (C=O) groups is 1. The topological polar surface area (TPSA) is 41.1 Å². The third kappa shape index (κ3) is 2.52. The van der Waals surface area contributed by atoms with Crippen LogP contribution in [0.5, 0.6) is 0 Å². The van der Waals surface area contributed by atoms with Crippen LogP contribution in [0.4, 0.5) is 0 Å². The quantitative estimate of drug-likeness (QED) is 0.872. The molecule has 2 aliphatic rings. The van der Waals surface area contributed by atoms with Crippen molar-refractivity contribution in [3.8, 4) is 0 Å². The van der Waals surface area contributed by atoms with Gasteiger partial charge in [0.05, 0.1) is 5.92 Å². The van der Waals surface area contributed by atoms with Crippen LogP contribution in [-0.2, 0) is 11.3 Å². The van der Waals surface area contributed by atoms with E-state index in [-0.39, 0.29) is 11.8 Å². The van der Waals surface area contributed by atoms with Gasteiger partial charge in [-0.2, -0.15) is 0 Å². The van der Waals surface area contributed by atoms with Gasteiger partial charge < -0.3 is 10.6 Å². The molecule has 19 heavy (non-hydrogen) atoms. The summed E-state index contributed by atoms with van der Waals surface area (Å²) in [6.45, 7) is 3.77. The van der Waals surface area contributed by atoms with Gasteiger partial charge in [-0.05, 0) is 36.8 Å². The van der Waals surface area contributed by atoms with E-state index in [9.17, 15) is 4.79 Å². The van der Waals surface area contributed by atoms with Crippen molar-refractivity contribution < 1.29 is 4.79 Å². The minimum absolute atomic E-state index is 0.0347. The van der Waals surface area contributed by atoms with Crippen LogP contribution in [-0.4, -0.2) is 18.5 Å². The average molecular weight is 258 g/mol. The standard InChI is InChI=1S/C16H22N2O/c1-11(12-6-4-7-12)18-16(19)15-10-17-9-13-5-2-3-8-14(13)15/h2-3,5,8,11-12,15,17H,4,6-7,9-10H2,1H3,(H,18,19). The van der Waals surface area contributed by atoms with Gasteiger partial charge in [0, 0.05) is 19.1 Å². The summed E-state index contributed by atoms with van der Waals surface area (Å²) in [5.74, 6) is 0.835. The molecule has 1 heterocycles. The fraction of sp³-hybridized carbons (Fsp3) is 0.562. The summed E-state index contributed by atoms with van der Waals surface area (Å²) in [5, 5.41) is 6.56. The summed E-state index contributed by atoms with van der Waals surface area (Å²) in [6, 6.07) is 8.58. The van der Waals surface area contributed by atoms with E-state index in [1.807, 2.05) is 12.1 Å². The van der Waals surface area contributed by atoms with E-state index in [0.717, 1.165) is 13.1 Å². The van der Waals surface area contributed by atoms with Crippen LogP contribution in [0.1, 0.15) is 43.2 Å². The molecule has 1 amide bonds. The predicted molar refractivity (Wildman–Crippen MR) is 75.8 cm³/mol. The third-order valence-electron chi connectivity index (χ3n) is 4.64. The van der Waals surface area contributed by atoms with Crippen LogP contribution in [0.3, 0.4) is 0 Å². The average Bonchev–Trinajstić information content (AvgIpc) is 2.35. The molecule has 3 heteroatoms. The minimum Gasteiger partial charge on any atom is -0.353 e. The molecular formula is C16H22N2O. The van der Waals surface area contributed by atoms with Gasteiger partial charge in [0.1, 0.15) is 0 Å². The maximum absolute atomic E-state index is 12.5. The van der Waals surface area contributed by atoms with Crippen molar-refractivity contribution in [1.82, 2.24) is 10.6 Å². The first-order chi connectivity index (χ1) is 9.25. The highest BCUT2D eigenvalue weighted by atomic mass is 16.2. The number of fused-ring (bicyclic) bond motifs is 1. The molecule has 0 bridgehead atoms. The first kappa shape index (κ1) is 12.7. The van der Waals surface area contributed by atoms with Crippen molar-refractivity contribution in [1.29, 1.82) is 0 Å². The fourth-order valence-corrected chi connectivity index (χ4v) is 3.11. The monoisotopic (exact) mass is 258 g/mol. The third-order valence-corrected chi connectivity index (χ3v) is 4.64. The van der Waals surface area contributed by atoms with Gasteiger partial charge in [0.25, 0.3) is 0 Å². The summed E-state index contributed by atoms with van der Waals surface area (Å²) < 4.78 is 0. The molecular weight excluding hydrogens is 236 g/mol. The lowest BCUT2D eigenvalue weighted by Gasteiger charge is -2.34. The van der Waals surface area contributed by atoms with Gasteiger partial charge in [-0.1, -0.05) is 30.7 Å². The molecule has 0 radical (unpaired) electrons. The fourth-order valence-electron chi connectivity index (χ4n) is 3.11. The summed E-state index contributed by atoms with van der Waals surface area (Å²) in [4.78, 5) is 12.5. The van der Waals surface area contributed by atoms with Crippen molar-refractivity contribution in [3.05, 3.63) is 35.4 Å². The number of hydrogen-bond donors (Lipinski definition) is 2. The van der Waals surface area contributed by atoms with Gasteiger partial charge in [-0.3, -0.25) is 4.79 Å². The number of nitrogens with one attached hydrogen (secondary N) is 2. The molecule has 1 aliphatic carbocycles. The van der Waals surface area contributed by atoms with Crippen LogP contribution in [0.15, 0.2) is 24.3 Å². The Labute approximate surface area is 114 Å². The lowest BCUT2D eigenvalue weighted by Crippen LogP contribution is -2.45. The maximum Gasteiger partial charge on any atom is 0.229 e. The molecule has 1 aromatic carbocycles. The lowest BCUT2D eigenvalue weighted by atomic mass is 9.80. The molecule has 0 aromatic heterocycles. The SMILES string of the molecule is CC(NC(=O)C1CNCc2ccccc21)C1CCC1. The Morgan fingerprint density at radius 2 is 2.16 bits per heavy atom. The van der Waals surface area contributed by atoms with Crippen LogP contribution >= 0.6 is 0 Å².